The minimum absolute atomic E-state index is 0.101. The van der Waals surface area contributed by atoms with Crippen LogP contribution >= 0.6 is 0 Å². The molecule has 14 heavy (non-hydrogen) atoms. The quantitative estimate of drug-likeness (QED) is 0.669. The number of amides is 2. The lowest BCUT2D eigenvalue weighted by molar-refractivity contribution is -0.143. The van der Waals surface area contributed by atoms with E-state index in [-0.39, 0.29) is 6.03 Å². The van der Waals surface area contributed by atoms with E-state index < -0.39 is 11.9 Å². The van der Waals surface area contributed by atoms with Crippen molar-refractivity contribution in [1.29, 1.82) is 0 Å². The lowest BCUT2D eigenvalue weighted by atomic mass is 9.99. The number of aliphatic carboxylic acids is 1. The molecule has 0 bridgehead atoms. The highest BCUT2D eigenvalue weighted by atomic mass is 16.4. The summed E-state index contributed by atoms with van der Waals surface area (Å²) in [6, 6.07) is -0.101. The SMILES string of the molecule is CN(C)C(=O)N1CCCC(C(=O)O)C1. The van der Waals surface area contributed by atoms with Crippen molar-refractivity contribution < 1.29 is 14.7 Å². The molecule has 1 aliphatic heterocycles. The van der Waals surface area contributed by atoms with E-state index in [2.05, 4.69) is 0 Å². The predicted molar refractivity (Wildman–Crippen MR) is 51.0 cm³/mol. The van der Waals surface area contributed by atoms with E-state index in [1.807, 2.05) is 0 Å². The van der Waals surface area contributed by atoms with Crippen molar-refractivity contribution in [2.45, 2.75) is 12.8 Å². The van der Waals surface area contributed by atoms with Crippen LogP contribution in [0, 0.1) is 5.92 Å². The molecule has 1 aliphatic rings. The van der Waals surface area contributed by atoms with E-state index in [1.165, 1.54) is 4.90 Å². The summed E-state index contributed by atoms with van der Waals surface area (Å²) in [5.74, 6) is -1.20. The van der Waals surface area contributed by atoms with Gasteiger partial charge in [-0.2, -0.15) is 0 Å². The minimum Gasteiger partial charge on any atom is -0.481 e. The fourth-order valence-corrected chi connectivity index (χ4v) is 1.64. The molecule has 1 atom stereocenters. The number of piperidine rings is 1. The minimum atomic E-state index is -0.804. The van der Waals surface area contributed by atoms with Gasteiger partial charge in [0, 0.05) is 27.2 Å². The third-order valence-corrected chi connectivity index (χ3v) is 2.42. The molecule has 1 fully saturated rings. The van der Waals surface area contributed by atoms with Crippen molar-refractivity contribution in [1.82, 2.24) is 9.80 Å². The number of likely N-dealkylation sites (tertiary alicyclic amines) is 1. The van der Waals surface area contributed by atoms with Gasteiger partial charge in [-0.3, -0.25) is 4.79 Å². The number of carboxylic acids is 1. The van der Waals surface area contributed by atoms with E-state index in [9.17, 15) is 9.59 Å². The number of hydrogen-bond donors (Lipinski definition) is 1. The van der Waals surface area contributed by atoms with Gasteiger partial charge in [0.1, 0.15) is 0 Å². The summed E-state index contributed by atoms with van der Waals surface area (Å²) in [5, 5.41) is 8.82. The number of carbonyl (C=O) groups is 2. The molecule has 0 aromatic carbocycles. The predicted octanol–water partition coefficient (Wildman–Crippen LogP) is 0.465. The second-order valence-electron chi connectivity index (χ2n) is 3.80. The molecule has 0 spiro atoms. The third kappa shape index (κ3) is 2.37. The fourth-order valence-electron chi connectivity index (χ4n) is 1.64. The summed E-state index contributed by atoms with van der Waals surface area (Å²) < 4.78 is 0. The van der Waals surface area contributed by atoms with Crippen molar-refractivity contribution in [3.8, 4) is 0 Å². The Morgan fingerprint density at radius 3 is 2.57 bits per heavy atom. The summed E-state index contributed by atoms with van der Waals surface area (Å²) in [6.45, 7) is 1.01. The molecule has 5 nitrogen and oxygen atoms in total. The standard InChI is InChI=1S/C9H16N2O3/c1-10(2)9(14)11-5-3-4-7(6-11)8(12)13/h7H,3-6H2,1-2H3,(H,12,13). The van der Waals surface area contributed by atoms with Gasteiger partial charge in [-0.05, 0) is 12.8 Å². The Labute approximate surface area is 83.3 Å². The molecule has 0 saturated carbocycles. The van der Waals surface area contributed by atoms with Crippen LogP contribution in [0.15, 0.2) is 0 Å². The molecule has 1 rings (SSSR count). The molecule has 1 heterocycles. The fraction of sp³-hybridized carbons (Fsp3) is 0.778. The number of carbonyl (C=O) groups excluding carboxylic acids is 1. The average molecular weight is 200 g/mol. The van der Waals surface area contributed by atoms with Crippen molar-refractivity contribution in [2.24, 2.45) is 5.92 Å². The first kappa shape index (κ1) is 10.8. The maximum Gasteiger partial charge on any atom is 0.319 e. The first-order valence-electron chi connectivity index (χ1n) is 4.71. The van der Waals surface area contributed by atoms with E-state index in [1.54, 1.807) is 19.0 Å². The number of carboxylic acid groups (broad SMARTS) is 1. The topological polar surface area (TPSA) is 60.9 Å². The van der Waals surface area contributed by atoms with Crippen LogP contribution in [0.25, 0.3) is 0 Å². The second-order valence-corrected chi connectivity index (χ2v) is 3.80. The number of hydrogen-bond acceptors (Lipinski definition) is 2. The Balaban J connectivity index is 2.56. The van der Waals surface area contributed by atoms with Gasteiger partial charge in [0.25, 0.3) is 0 Å². The normalized spacial score (nSPS) is 21.9. The molecule has 0 radical (unpaired) electrons. The van der Waals surface area contributed by atoms with Crippen LogP contribution in [0.2, 0.25) is 0 Å². The highest BCUT2D eigenvalue weighted by molar-refractivity contribution is 5.76. The smallest absolute Gasteiger partial charge is 0.319 e. The molecule has 0 aliphatic carbocycles. The van der Waals surface area contributed by atoms with E-state index in [0.717, 1.165) is 6.42 Å². The van der Waals surface area contributed by atoms with Gasteiger partial charge in [-0.25, -0.2) is 4.79 Å². The average Bonchev–Trinajstić information content (AvgIpc) is 2.16. The van der Waals surface area contributed by atoms with Crippen LogP contribution in [0.1, 0.15) is 12.8 Å². The van der Waals surface area contributed by atoms with Crippen molar-refractivity contribution >= 4 is 12.0 Å². The van der Waals surface area contributed by atoms with Crippen LogP contribution in [0.3, 0.4) is 0 Å². The Morgan fingerprint density at radius 2 is 2.07 bits per heavy atom. The lowest BCUT2D eigenvalue weighted by Crippen LogP contribution is -2.46. The van der Waals surface area contributed by atoms with Gasteiger partial charge in [0.05, 0.1) is 5.92 Å². The summed E-state index contributed by atoms with van der Waals surface area (Å²) in [5.41, 5.74) is 0. The first-order valence-corrected chi connectivity index (χ1v) is 4.71. The Morgan fingerprint density at radius 1 is 1.43 bits per heavy atom. The third-order valence-electron chi connectivity index (χ3n) is 2.42. The van der Waals surface area contributed by atoms with Gasteiger partial charge >= 0.3 is 12.0 Å². The molecular formula is C9H16N2O3. The molecular weight excluding hydrogens is 184 g/mol. The Kier molecular flexibility index (Phi) is 3.33. The summed E-state index contributed by atoms with van der Waals surface area (Å²) >= 11 is 0. The molecule has 0 aromatic heterocycles. The van der Waals surface area contributed by atoms with Gasteiger partial charge < -0.3 is 14.9 Å². The summed E-state index contributed by atoms with van der Waals surface area (Å²) in [4.78, 5) is 25.3. The highest BCUT2D eigenvalue weighted by Gasteiger charge is 2.28. The first-order chi connectivity index (χ1) is 6.52. The van der Waals surface area contributed by atoms with Gasteiger partial charge in [0.15, 0.2) is 0 Å². The largest absolute Gasteiger partial charge is 0.481 e. The maximum atomic E-state index is 11.5. The zero-order valence-electron chi connectivity index (χ0n) is 8.56. The van der Waals surface area contributed by atoms with E-state index in [4.69, 9.17) is 5.11 Å². The van der Waals surface area contributed by atoms with Crippen LogP contribution in [0.5, 0.6) is 0 Å². The molecule has 5 heteroatoms. The van der Waals surface area contributed by atoms with Crippen molar-refractivity contribution in [3.63, 3.8) is 0 Å². The summed E-state index contributed by atoms with van der Waals surface area (Å²) in [6.07, 6.45) is 1.45. The number of rotatable bonds is 1. The molecule has 80 valence electrons. The van der Waals surface area contributed by atoms with Gasteiger partial charge in [0.2, 0.25) is 0 Å². The van der Waals surface area contributed by atoms with Crippen LogP contribution in [0.4, 0.5) is 4.79 Å². The monoisotopic (exact) mass is 200 g/mol. The van der Waals surface area contributed by atoms with Crippen LogP contribution in [-0.2, 0) is 4.79 Å². The number of urea groups is 1. The van der Waals surface area contributed by atoms with E-state index in [0.29, 0.717) is 19.5 Å². The highest BCUT2D eigenvalue weighted by Crippen LogP contribution is 2.17. The second kappa shape index (κ2) is 4.30. The maximum absolute atomic E-state index is 11.5. The molecule has 1 saturated heterocycles. The van der Waals surface area contributed by atoms with Gasteiger partial charge in [-0.15, -0.1) is 0 Å². The molecule has 1 N–H and O–H groups in total. The Bertz CT molecular complexity index is 240. The molecule has 2 amide bonds. The number of nitrogens with zero attached hydrogens (tertiary/aromatic N) is 2. The lowest BCUT2D eigenvalue weighted by Gasteiger charge is -2.32. The van der Waals surface area contributed by atoms with E-state index >= 15 is 0 Å². The zero-order chi connectivity index (χ0) is 10.7. The molecule has 1 unspecified atom stereocenters. The molecule has 0 aromatic rings. The zero-order valence-corrected chi connectivity index (χ0v) is 8.56. The van der Waals surface area contributed by atoms with Gasteiger partial charge in [-0.1, -0.05) is 0 Å². The summed E-state index contributed by atoms with van der Waals surface area (Å²) in [7, 11) is 3.35. The van der Waals surface area contributed by atoms with Crippen molar-refractivity contribution in [3.05, 3.63) is 0 Å². The Hall–Kier alpha value is -1.26. The van der Waals surface area contributed by atoms with Crippen molar-refractivity contribution in [2.75, 3.05) is 27.2 Å². The van der Waals surface area contributed by atoms with Crippen LogP contribution < -0.4 is 0 Å². The van der Waals surface area contributed by atoms with Crippen LogP contribution in [-0.4, -0.2) is 54.1 Å².